The van der Waals surface area contributed by atoms with Crippen LogP contribution in [-0.4, -0.2) is 87.5 Å². The van der Waals surface area contributed by atoms with E-state index in [9.17, 15) is 30.3 Å². The Labute approximate surface area is 284 Å². The molecule has 272 valence electrons. The number of hydrogen-bond acceptors (Lipinski definition) is 8. The fourth-order valence-corrected chi connectivity index (χ4v) is 5.32. The molecule has 1 heterocycles. The van der Waals surface area contributed by atoms with Crippen molar-refractivity contribution in [2.45, 2.75) is 172 Å². The van der Waals surface area contributed by atoms with Gasteiger partial charge in [0.05, 0.1) is 25.4 Å². The van der Waals surface area contributed by atoms with Crippen LogP contribution in [0, 0.1) is 0 Å². The van der Waals surface area contributed by atoms with Gasteiger partial charge in [0.2, 0.25) is 5.91 Å². The van der Waals surface area contributed by atoms with Crippen molar-refractivity contribution in [1.29, 1.82) is 0 Å². The summed E-state index contributed by atoms with van der Waals surface area (Å²) in [6.07, 6.45) is 27.3. The standard InChI is InChI=1S/C38H67NO8/c1-3-5-7-9-11-13-15-16-18-20-22-24-26-28-34(42)39-31(30-46-38-37(45)36(44)35(43)33(29-40)47-38)32(41)27-25-23-21-19-17-14-12-10-8-6-4-2/h7,9,13,15,17,19,25,27,31-33,35-38,40-41,43-45H,3-6,8,10-12,14,16,18,20-24,26,28-30H2,1-2H3,(H,39,42)/b9-7-,15-13-,19-17+,27-25+. The molecule has 0 saturated carbocycles. The fourth-order valence-electron chi connectivity index (χ4n) is 5.32. The average molecular weight is 666 g/mol. The minimum Gasteiger partial charge on any atom is -0.394 e. The highest BCUT2D eigenvalue weighted by Crippen LogP contribution is 2.22. The fraction of sp³-hybridized carbons (Fsp3) is 0.763. The van der Waals surface area contributed by atoms with Crippen molar-refractivity contribution in [1.82, 2.24) is 5.32 Å². The first-order chi connectivity index (χ1) is 22.8. The number of amides is 1. The zero-order valence-electron chi connectivity index (χ0n) is 29.3. The Morgan fingerprint density at radius 2 is 1.32 bits per heavy atom. The Bertz CT molecular complexity index is 874. The van der Waals surface area contributed by atoms with Crippen molar-refractivity contribution in [3.05, 3.63) is 48.6 Å². The molecule has 0 radical (unpaired) electrons. The van der Waals surface area contributed by atoms with Crippen LogP contribution in [-0.2, 0) is 14.3 Å². The second-order valence-corrected chi connectivity index (χ2v) is 12.6. The van der Waals surface area contributed by atoms with Crippen molar-refractivity contribution in [2.75, 3.05) is 13.2 Å². The molecule has 0 spiro atoms. The Kier molecular flexibility index (Phi) is 26.7. The SMILES string of the molecule is CCC/C=C\C/C=C\CCCCCCCC(=O)NC(COC1OC(CO)C(O)C(O)C1O)C(O)/C=C/CC/C=C/CCCCCCC. The van der Waals surface area contributed by atoms with Crippen molar-refractivity contribution >= 4 is 5.91 Å². The lowest BCUT2D eigenvalue weighted by atomic mass is 9.99. The number of rotatable bonds is 28. The molecular weight excluding hydrogens is 598 g/mol. The van der Waals surface area contributed by atoms with E-state index in [1.807, 2.05) is 6.08 Å². The maximum Gasteiger partial charge on any atom is 0.220 e. The maximum atomic E-state index is 12.8. The van der Waals surface area contributed by atoms with Gasteiger partial charge in [-0.05, 0) is 57.8 Å². The molecule has 1 aliphatic rings. The highest BCUT2D eigenvalue weighted by molar-refractivity contribution is 5.76. The quantitative estimate of drug-likeness (QED) is 0.0445. The molecule has 1 rings (SSSR count). The van der Waals surface area contributed by atoms with E-state index in [0.29, 0.717) is 6.42 Å². The van der Waals surface area contributed by atoms with Crippen LogP contribution in [0.1, 0.15) is 129 Å². The summed E-state index contributed by atoms with van der Waals surface area (Å²) >= 11 is 0. The number of allylic oxidation sites excluding steroid dienone is 7. The highest BCUT2D eigenvalue weighted by Gasteiger charge is 2.44. The summed E-state index contributed by atoms with van der Waals surface area (Å²) in [5.41, 5.74) is 0. The average Bonchev–Trinajstić information content (AvgIpc) is 3.07. The number of carbonyl (C=O) groups excluding carboxylic acids is 1. The molecule has 0 aromatic carbocycles. The number of aliphatic hydroxyl groups is 5. The Hall–Kier alpha value is -1.85. The van der Waals surface area contributed by atoms with E-state index < -0.39 is 49.5 Å². The first-order valence-corrected chi connectivity index (χ1v) is 18.4. The van der Waals surface area contributed by atoms with Crippen LogP contribution in [0.2, 0.25) is 0 Å². The van der Waals surface area contributed by atoms with Gasteiger partial charge in [0.15, 0.2) is 6.29 Å². The van der Waals surface area contributed by atoms with Crippen LogP contribution < -0.4 is 5.32 Å². The van der Waals surface area contributed by atoms with Crippen LogP contribution in [0.25, 0.3) is 0 Å². The Morgan fingerprint density at radius 3 is 2.00 bits per heavy atom. The summed E-state index contributed by atoms with van der Waals surface area (Å²) < 4.78 is 11.1. The lowest BCUT2D eigenvalue weighted by Crippen LogP contribution is -2.60. The van der Waals surface area contributed by atoms with Gasteiger partial charge in [-0.15, -0.1) is 0 Å². The third-order valence-electron chi connectivity index (χ3n) is 8.36. The lowest BCUT2D eigenvalue weighted by Gasteiger charge is -2.40. The summed E-state index contributed by atoms with van der Waals surface area (Å²) in [5, 5.41) is 53.7. The van der Waals surface area contributed by atoms with Gasteiger partial charge < -0.3 is 40.3 Å². The summed E-state index contributed by atoms with van der Waals surface area (Å²) in [6, 6.07) is -0.826. The number of carbonyl (C=O) groups is 1. The van der Waals surface area contributed by atoms with Gasteiger partial charge in [-0.2, -0.15) is 0 Å². The molecular formula is C38H67NO8. The molecule has 47 heavy (non-hydrogen) atoms. The van der Waals surface area contributed by atoms with Gasteiger partial charge in [-0.3, -0.25) is 4.79 Å². The normalized spacial score (nSPS) is 23.4. The third-order valence-corrected chi connectivity index (χ3v) is 8.36. The second-order valence-electron chi connectivity index (χ2n) is 12.6. The smallest absolute Gasteiger partial charge is 0.220 e. The van der Waals surface area contributed by atoms with Gasteiger partial charge in [-0.25, -0.2) is 0 Å². The van der Waals surface area contributed by atoms with Crippen LogP contribution in [0.5, 0.6) is 0 Å². The minimum absolute atomic E-state index is 0.208. The van der Waals surface area contributed by atoms with Crippen LogP contribution >= 0.6 is 0 Å². The molecule has 9 nitrogen and oxygen atoms in total. The second kappa shape index (κ2) is 29.1. The van der Waals surface area contributed by atoms with Crippen LogP contribution in [0.3, 0.4) is 0 Å². The largest absolute Gasteiger partial charge is 0.394 e. The monoisotopic (exact) mass is 665 g/mol. The summed E-state index contributed by atoms with van der Waals surface area (Å²) in [4.78, 5) is 12.8. The molecule has 0 aromatic rings. The van der Waals surface area contributed by atoms with Crippen molar-refractivity contribution in [3.63, 3.8) is 0 Å². The topological polar surface area (TPSA) is 149 Å². The van der Waals surface area contributed by atoms with E-state index in [2.05, 4.69) is 55.6 Å². The molecule has 1 amide bonds. The van der Waals surface area contributed by atoms with Crippen LogP contribution in [0.15, 0.2) is 48.6 Å². The first kappa shape index (κ1) is 43.2. The lowest BCUT2D eigenvalue weighted by molar-refractivity contribution is -0.302. The van der Waals surface area contributed by atoms with E-state index in [1.165, 1.54) is 38.5 Å². The Balaban J connectivity index is 2.52. The first-order valence-electron chi connectivity index (χ1n) is 18.4. The van der Waals surface area contributed by atoms with E-state index in [0.717, 1.165) is 70.6 Å². The minimum atomic E-state index is -1.57. The number of aliphatic hydroxyl groups excluding tert-OH is 5. The summed E-state index contributed by atoms with van der Waals surface area (Å²) in [7, 11) is 0. The molecule has 0 bridgehead atoms. The molecule has 1 fully saturated rings. The highest BCUT2D eigenvalue weighted by atomic mass is 16.7. The molecule has 1 saturated heterocycles. The molecule has 1 aliphatic heterocycles. The van der Waals surface area contributed by atoms with Crippen molar-refractivity contribution in [2.24, 2.45) is 0 Å². The zero-order valence-corrected chi connectivity index (χ0v) is 29.3. The third kappa shape index (κ3) is 21.0. The zero-order chi connectivity index (χ0) is 34.5. The van der Waals surface area contributed by atoms with Gasteiger partial charge in [-0.1, -0.05) is 114 Å². The van der Waals surface area contributed by atoms with E-state index >= 15 is 0 Å². The van der Waals surface area contributed by atoms with E-state index in [4.69, 9.17) is 9.47 Å². The van der Waals surface area contributed by atoms with Gasteiger partial charge in [0.1, 0.15) is 24.4 Å². The van der Waals surface area contributed by atoms with Crippen molar-refractivity contribution < 1.29 is 39.8 Å². The number of ether oxygens (including phenoxy) is 2. The van der Waals surface area contributed by atoms with E-state index in [1.54, 1.807) is 6.08 Å². The van der Waals surface area contributed by atoms with Crippen LogP contribution in [0.4, 0.5) is 0 Å². The molecule has 9 heteroatoms. The predicted molar refractivity (Wildman–Crippen MR) is 189 cm³/mol. The summed E-state index contributed by atoms with van der Waals surface area (Å²) in [6.45, 7) is 3.61. The van der Waals surface area contributed by atoms with Gasteiger partial charge >= 0.3 is 0 Å². The molecule has 6 N–H and O–H groups in total. The number of unbranched alkanes of at least 4 members (excludes halogenated alkanes) is 12. The van der Waals surface area contributed by atoms with E-state index in [-0.39, 0.29) is 12.5 Å². The molecule has 0 aliphatic carbocycles. The number of nitrogens with one attached hydrogen (secondary N) is 1. The molecule has 7 unspecified atom stereocenters. The molecule has 7 atom stereocenters. The maximum absolute atomic E-state index is 12.8. The summed E-state index contributed by atoms with van der Waals surface area (Å²) in [5.74, 6) is -0.208. The Morgan fingerprint density at radius 1 is 0.723 bits per heavy atom. The van der Waals surface area contributed by atoms with Crippen molar-refractivity contribution in [3.8, 4) is 0 Å². The van der Waals surface area contributed by atoms with Gasteiger partial charge in [0, 0.05) is 6.42 Å². The predicted octanol–water partition coefficient (Wildman–Crippen LogP) is 5.94. The molecule has 0 aromatic heterocycles. The van der Waals surface area contributed by atoms with Gasteiger partial charge in [0.25, 0.3) is 0 Å². The number of hydrogen-bond donors (Lipinski definition) is 6.